The van der Waals surface area contributed by atoms with Crippen molar-refractivity contribution in [2.75, 3.05) is 0 Å². The van der Waals surface area contributed by atoms with Gasteiger partial charge in [-0.25, -0.2) is 0 Å². The van der Waals surface area contributed by atoms with Crippen LogP contribution in [0.15, 0.2) is 24.3 Å². The van der Waals surface area contributed by atoms with E-state index in [1.807, 2.05) is 0 Å². The van der Waals surface area contributed by atoms with Crippen molar-refractivity contribution in [2.45, 2.75) is 6.92 Å². The van der Waals surface area contributed by atoms with E-state index in [2.05, 4.69) is 65.4 Å². The van der Waals surface area contributed by atoms with Gasteiger partial charge in [-0.1, -0.05) is 12.1 Å². The molecule has 0 N–H and O–H groups in total. The second-order valence-corrected chi connectivity index (χ2v) is 4.14. The molecular formula is C10H10IN. The predicted molar refractivity (Wildman–Crippen MR) is 60.4 cm³/mol. The zero-order valence-electron chi connectivity index (χ0n) is 7.13. The van der Waals surface area contributed by atoms with Gasteiger partial charge in [0.25, 0.3) is 0 Å². The summed E-state index contributed by atoms with van der Waals surface area (Å²) in [5, 5.41) is 1.37. The van der Waals surface area contributed by atoms with Gasteiger partial charge in [-0.15, -0.1) is 0 Å². The number of rotatable bonds is 0. The minimum Gasteiger partial charge on any atom is -0.339 e. The third-order valence-electron chi connectivity index (χ3n) is 2.25. The maximum atomic E-state index is 2.36. The van der Waals surface area contributed by atoms with E-state index in [0.717, 1.165) is 0 Å². The number of fused-ring (bicyclic) bond motifs is 1. The van der Waals surface area contributed by atoms with Crippen molar-refractivity contribution in [2.24, 2.45) is 7.05 Å². The Morgan fingerprint density at radius 3 is 2.75 bits per heavy atom. The van der Waals surface area contributed by atoms with Crippen LogP contribution in [0.2, 0.25) is 0 Å². The molecule has 2 rings (SSSR count). The molecule has 0 atom stereocenters. The SMILES string of the molecule is Cc1cccc2c1cc(I)n2C. The van der Waals surface area contributed by atoms with Crippen LogP contribution in [0, 0.1) is 10.6 Å². The van der Waals surface area contributed by atoms with Gasteiger partial charge in [0.1, 0.15) is 0 Å². The first kappa shape index (κ1) is 8.10. The monoisotopic (exact) mass is 271 g/mol. The highest BCUT2D eigenvalue weighted by Crippen LogP contribution is 2.22. The van der Waals surface area contributed by atoms with Gasteiger partial charge in [0.2, 0.25) is 0 Å². The van der Waals surface area contributed by atoms with Gasteiger partial charge >= 0.3 is 0 Å². The minimum atomic E-state index is 1.29. The second-order valence-electron chi connectivity index (χ2n) is 3.03. The molecule has 62 valence electrons. The van der Waals surface area contributed by atoms with E-state index in [0.29, 0.717) is 0 Å². The lowest BCUT2D eigenvalue weighted by Gasteiger charge is -1.98. The van der Waals surface area contributed by atoms with E-state index in [1.165, 1.54) is 20.2 Å². The molecule has 0 radical (unpaired) electrons. The summed E-state index contributed by atoms with van der Waals surface area (Å²) < 4.78 is 3.50. The van der Waals surface area contributed by atoms with Crippen molar-refractivity contribution in [1.82, 2.24) is 4.57 Å². The van der Waals surface area contributed by atoms with Gasteiger partial charge in [0.15, 0.2) is 0 Å². The number of hydrogen-bond acceptors (Lipinski definition) is 0. The van der Waals surface area contributed by atoms with Crippen LogP contribution in [0.1, 0.15) is 5.56 Å². The van der Waals surface area contributed by atoms with E-state index in [-0.39, 0.29) is 0 Å². The van der Waals surface area contributed by atoms with Gasteiger partial charge < -0.3 is 4.57 Å². The molecular weight excluding hydrogens is 261 g/mol. The Labute approximate surface area is 85.5 Å². The Morgan fingerprint density at radius 2 is 2.08 bits per heavy atom. The summed E-state index contributed by atoms with van der Waals surface area (Å²) in [5.41, 5.74) is 2.67. The molecule has 0 fully saturated rings. The number of aryl methyl sites for hydroxylation is 2. The molecule has 1 aromatic carbocycles. The fraction of sp³-hybridized carbons (Fsp3) is 0.200. The third-order valence-corrected chi connectivity index (χ3v) is 3.28. The van der Waals surface area contributed by atoms with Crippen LogP contribution in [0.25, 0.3) is 10.9 Å². The average molecular weight is 271 g/mol. The van der Waals surface area contributed by atoms with E-state index in [1.54, 1.807) is 0 Å². The summed E-state index contributed by atoms with van der Waals surface area (Å²) in [4.78, 5) is 0. The van der Waals surface area contributed by atoms with Crippen LogP contribution in [-0.2, 0) is 7.05 Å². The molecule has 1 heterocycles. The molecule has 2 aromatic rings. The van der Waals surface area contributed by atoms with Crippen LogP contribution in [0.5, 0.6) is 0 Å². The first-order valence-electron chi connectivity index (χ1n) is 3.90. The molecule has 1 nitrogen and oxygen atoms in total. The number of hydrogen-bond donors (Lipinski definition) is 0. The fourth-order valence-corrected chi connectivity index (χ4v) is 2.05. The lowest BCUT2D eigenvalue weighted by molar-refractivity contribution is 0.938. The number of nitrogens with zero attached hydrogens (tertiary/aromatic N) is 1. The Kier molecular flexibility index (Phi) is 1.87. The van der Waals surface area contributed by atoms with Gasteiger partial charge in [0.05, 0.1) is 3.70 Å². The van der Waals surface area contributed by atoms with Crippen LogP contribution >= 0.6 is 22.6 Å². The van der Waals surface area contributed by atoms with Crippen molar-refractivity contribution in [3.63, 3.8) is 0 Å². The van der Waals surface area contributed by atoms with Crippen molar-refractivity contribution in [3.8, 4) is 0 Å². The summed E-state index contributed by atoms with van der Waals surface area (Å²) in [6.45, 7) is 2.15. The summed E-state index contributed by atoms with van der Waals surface area (Å²) in [6, 6.07) is 8.64. The minimum absolute atomic E-state index is 1.29. The first-order valence-corrected chi connectivity index (χ1v) is 4.98. The van der Waals surface area contributed by atoms with Crippen molar-refractivity contribution in [1.29, 1.82) is 0 Å². The molecule has 1 aromatic heterocycles. The molecule has 2 heteroatoms. The lowest BCUT2D eigenvalue weighted by Crippen LogP contribution is -1.88. The number of aromatic nitrogens is 1. The predicted octanol–water partition coefficient (Wildman–Crippen LogP) is 3.09. The van der Waals surface area contributed by atoms with E-state index >= 15 is 0 Å². The molecule has 0 unspecified atom stereocenters. The highest BCUT2D eigenvalue weighted by Gasteiger charge is 2.03. The topological polar surface area (TPSA) is 4.93 Å². The number of benzene rings is 1. The molecule has 0 aliphatic rings. The van der Waals surface area contributed by atoms with Crippen LogP contribution in [0.4, 0.5) is 0 Å². The highest BCUT2D eigenvalue weighted by atomic mass is 127. The molecule has 12 heavy (non-hydrogen) atoms. The van der Waals surface area contributed by atoms with Gasteiger partial charge in [-0.3, -0.25) is 0 Å². The Bertz CT molecular complexity index is 429. The highest BCUT2D eigenvalue weighted by molar-refractivity contribution is 14.1. The number of halogens is 1. The maximum Gasteiger partial charge on any atom is 0.0806 e. The average Bonchev–Trinajstić information content (AvgIpc) is 2.32. The smallest absolute Gasteiger partial charge is 0.0806 e. The molecule has 0 saturated carbocycles. The Balaban J connectivity index is 2.95. The second kappa shape index (κ2) is 2.76. The Hall–Kier alpha value is -0.510. The van der Waals surface area contributed by atoms with Gasteiger partial charge in [-0.05, 0) is 47.2 Å². The normalized spacial score (nSPS) is 10.9. The standard InChI is InChI=1S/C10H10IN/c1-7-4-3-5-9-8(7)6-10(11)12(9)2/h3-6H,1-2H3. The summed E-state index contributed by atoms with van der Waals surface area (Å²) in [7, 11) is 2.10. The van der Waals surface area contributed by atoms with Crippen LogP contribution < -0.4 is 0 Å². The summed E-state index contributed by atoms with van der Waals surface area (Å²) in [5.74, 6) is 0. The van der Waals surface area contributed by atoms with E-state index in [9.17, 15) is 0 Å². The summed E-state index contributed by atoms with van der Waals surface area (Å²) in [6.07, 6.45) is 0. The molecule has 0 amide bonds. The van der Waals surface area contributed by atoms with Crippen LogP contribution in [-0.4, -0.2) is 4.57 Å². The largest absolute Gasteiger partial charge is 0.339 e. The lowest BCUT2D eigenvalue weighted by atomic mass is 10.1. The molecule has 0 saturated heterocycles. The molecule has 0 aliphatic heterocycles. The zero-order valence-corrected chi connectivity index (χ0v) is 9.29. The van der Waals surface area contributed by atoms with Crippen LogP contribution in [0.3, 0.4) is 0 Å². The van der Waals surface area contributed by atoms with E-state index in [4.69, 9.17) is 0 Å². The molecule has 0 spiro atoms. The van der Waals surface area contributed by atoms with Gasteiger partial charge in [-0.2, -0.15) is 0 Å². The van der Waals surface area contributed by atoms with E-state index < -0.39 is 0 Å². The third kappa shape index (κ3) is 1.05. The zero-order chi connectivity index (χ0) is 8.72. The van der Waals surface area contributed by atoms with Crippen molar-refractivity contribution >= 4 is 33.5 Å². The fourth-order valence-electron chi connectivity index (χ4n) is 1.48. The van der Waals surface area contributed by atoms with Crippen molar-refractivity contribution < 1.29 is 0 Å². The molecule has 0 bridgehead atoms. The van der Waals surface area contributed by atoms with Gasteiger partial charge in [0, 0.05) is 18.0 Å². The Morgan fingerprint density at radius 1 is 1.33 bits per heavy atom. The summed E-state index contributed by atoms with van der Waals surface area (Å²) >= 11 is 2.36. The van der Waals surface area contributed by atoms with Crippen molar-refractivity contribution in [3.05, 3.63) is 33.5 Å². The quantitative estimate of drug-likeness (QED) is 0.649. The first-order chi connectivity index (χ1) is 5.70. The maximum absolute atomic E-state index is 2.36. The molecule has 0 aliphatic carbocycles.